The Labute approximate surface area is 138 Å². The van der Waals surface area contributed by atoms with E-state index in [1.165, 1.54) is 12.1 Å². The molecular formula is C15H13ClN2O4S. The maximum absolute atomic E-state index is 11.8. The molecule has 6 nitrogen and oxygen atoms in total. The fourth-order valence-corrected chi connectivity index (χ4v) is 3.48. The van der Waals surface area contributed by atoms with E-state index < -0.39 is 16.1 Å². The number of benzene rings is 2. The summed E-state index contributed by atoms with van der Waals surface area (Å²) in [4.78, 5) is 0. The average Bonchev–Trinajstić information content (AvgIpc) is 2.74. The molecule has 0 unspecified atom stereocenters. The summed E-state index contributed by atoms with van der Waals surface area (Å²) in [5.74, 6) is -0.706. The highest BCUT2D eigenvalue weighted by Crippen LogP contribution is 2.33. The van der Waals surface area contributed by atoms with Crippen LogP contribution in [-0.2, 0) is 16.6 Å². The van der Waals surface area contributed by atoms with Crippen molar-refractivity contribution < 1.29 is 18.6 Å². The van der Waals surface area contributed by atoms with Crippen molar-refractivity contribution >= 4 is 27.5 Å². The van der Waals surface area contributed by atoms with Crippen molar-refractivity contribution in [3.63, 3.8) is 0 Å². The normalized spacial score (nSPS) is 16.0. The van der Waals surface area contributed by atoms with E-state index in [9.17, 15) is 18.6 Å². The van der Waals surface area contributed by atoms with Gasteiger partial charge in [0.2, 0.25) is 5.88 Å². The summed E-state index contributed by atoms with van der Waals surface area (Å²) in [7, 11) is -3.92. The quantitative estimate of drug-likeness (QED) is 0.792. The molecular weight excluding hydrogens is 340 g/mol. The Kier molecular flexibility index (Phi) is 3.83. The summed E-state index contributed by atoms with van der Waals surface area (Å²) in [6.07, 6.45) is 1.56. The number of hydrogen-bond acceptors (Lipinski definition) is 4. The van der Waals surface area contributed by atoms with E-state index in [2.05, 4.69) is 0 Å². The van der Waals surface area contributed by atoms with Gasteiger partial charge in [-0.3, -0.25) is 0 Å². The molecule has 23 heavy (non-hydrogen) atoms. The van der Waals surface area contributed by atoms with Gasteiger partial charge in [0.1, 0.15) is 11.4 Å². The van der Waals surface area contributed by atoms with E-state index in [0.29, 0.717) is 11.4 Å². The summed E-state index contributed by atoms with van der Waals surface area (Å²) in [6.45, 7) is 0. The molecule has 3 rings (SSSR count). The number of phenolic OH excluding ortho intramolecular Hbond substituents is 1. The van der Waals surface area contributed by atoms with Crippen LogP contribution in [0.1, 0.15) is 11.1 Å². The number of aliphatic hydroxyl groups is 1. The number of aromatic hydroxyl groups is 1. The van der Waals surface area contributed by atoms with Gasteiger partial charge in [-0.15, -0.1) is 0 Å². The van der Waals surface area contributed by atoms with Gasteiger partial charge in [-0.1, -0.05) is 29.8 Å². The molecule has 0 amide bonds. The Bertz CT molecular complexity index is 879. The van der Waals surface area contributed by atoms with Crippen molar-refractivity contribution in [1.29, 1.82) is 0 Å². The number of nitrogens with zero attached hydrogens (tertiary/aromatic N) is 1. The van der Waals surface area contributed by atoms with Gasteiger partial charge in [0.25, 0.3) is 0 Å². The second-order valence-corrected chi connectivity index (χ2v) is 7.03. The molecule has 120 valence electrons. The first-order chi connectivity index (χ1) is 10.8. The Hall–Kier alpha value is -2.38. The van der Waals surface area contributed by atoms with Crippen molar-refractivity contribution in [3.8, 4) is 5.75 Å². The molecule has 0 saturated carbocycles. The van der Waals surface area contributed by atoms with Crippen LogP contribution in [0.4, 0.5) is 5.69 Å². The number of nitrogens with one attached hydrogen (secondary N) is 1. The first-order valence-corrected chi connectivity index (χ1v) is 8.46. The van der Waals surface area contributed by atoms with E-state index in [-0.39, 0.29) is 11.4 Å². The zero-order chi connectivity index (χ0) is 16.6. The molecule has 3 N–H and O–H groups in total. The first kappa shape index (κ1) is 15.5. The molecule has 0 bridgehead atoms. The van der Waals surface area contributed by atoms with Gasteiger partial charge < -0.3 is 10.2 Å². The number of halogens is 1. The summed E-state index contributed by atoms with van der Waals surface area (Å²) in [5, 5.41) is 20.1. The Balaban J connectivity index is 1.88. The van der Waals surface area contributed by atoms with Crippen molar-refractivity contribution in [2.75, 3.05) is 4.31 Å². The average molecular weight is 353 g/mol. The lowest BCUT2D eigenvalue weighted by molar-refractivity contribution is 0.392. The SMILES string of the molecule is O=S1(=O)NC(O)=CN1c1ccc(Cc2ccc(Cl)cc2)cc1O. The summed E-state index contributed by atoms with van der Waals surface area (Å²) in [5.41, 5.74) is 1.88. The van der Waals surface area contributed by atoms with E-state index in [1.54, 1.807) is 18.2 Å². The summed E-state index contributed by atoms with van der Waals surface area (Å²) < 4.78 is 26.3. The molecule has 1 heterocycles. The Morgan fingerprint density at radius 2 is 1.70 bits per heavy atom. The smallest absolute Gasteiger partial charge is 0.330 e. The minimum atomic E-state index is -3.92. The van der Waals surface area contributed by atoms with Gasteiger partial charge in [0.05, 0.1) is 6.20 Å². The maximum Gasteiger partial charge on any atom is 0.330 e. The van der Waals surface area contributed by atoms with Crippen LogP contribution in [0.3, 0.4) is 0 Å². The molecule has 2 aromatic rings. The zero-order valence-electron chi connectivity index (χ0n) is 11.8. The minimum Gasteiger partial charge on any atom is -0.506 e. The Morgan fingerprint density at radius 3 is 2.26 bits per heavy atom. The van der Waals surface area contributed by atoms with Crippen molar-refractivity contribution in [2.45, 2.75) is 6.42 Å². The third-order valence-electron chi connectivity index (χ3n) is 3.33. The molecule has 8 heteroatoms. The molecule has 0 aliphatic carbocycles. The van der Waals surface area contributed by atoms with Crippen LogP contribution in [0.15, 0.2) is 54.5 Å². The Morgan fingerprint density at radius 1 is 1.04 bits per heavy atom. The van der Waals surface area contributed by atoms with Gasteiger partial charge >= 0.3 is 10.2 Å². The van der Waals surface area contributed by atoms with Crippen LogP contribution < -0.4 is 9.03 Å². The highest BCUT2D eigenvalue weighted by atomic mass is 35.5. The fraction of sp³-hybridized carbons (Fsp3) is 0.0667. The molecule has 1 aliphatic rings. The lowest BCUT2D eigenvalue weighted by Crippen LogP contribution is -2.29. The van der Waals surface area contributed by atoms with Crippen LogP contribution in [-0.4, -0.2) is 18.6 Å². The van der Waals surface area contributed by atoms with Crippen molar-refractivity contribution in [2.24, 2.45) is 0 Å². The molecule has 0 radical (unpaired) electrons. The molecule has 2 aromatic carbocycles. The number of anilines is 1. The van der Waals surface area contributed by atoms with Crippen LogP contribution in [0.2, 0.25) is 5.02 Å². The van der Waals surface area contributed by atoms with Crippen LogP contribution >= 0.6 is 11.6 Å². The van der Waals surface area contributed by atoms with E-state index in [1.807, 2.05) is 16.9 Å². The molecule has 0 fully saturated rings. The second-order valence-electron chi connectivity index (χ2n) is 5.04. The van der Waals surface area contributed by atoms with Crippen LogP contribution in [0, 0.1) is 0 Å². The number of aliphatic hydroxyl groups excluding tert-OH is 1. The largest absolute Gasteiger partial charge is 0.506 e. The van der Waals surface area contributed by atoms with Crippen LogP contribution in [0.5, 0.6) is 5.75 Å². The summed E-state index contributed by atoms with van der Waals surface area (Å²) in [6, 6.07) is 12.0. The first-order valence-electron chi connectivity index (χ1n) is 6.64. The third kappa shape index (κ3) is 3.20. The standard InChI is InChI=1S/C15H13ClN2O4S/c16-12-4-1-10(2-5-12)7-11-3-6-13(14(19)8-11)18-9-15(20)17-23(18,21)22/h1-6,8-9,17,19-20H,7H2. The molecule has 0 atom stereocenters. The van der Waals surface area contributed by atoms with Gasteiger partial charge in [-0.2, -0.15) is 8.42 Å². The fourth-order valence-electron chi connectivity index (χ4n) is 2.29. The monoisotopic (exact) mass is 352 g/mol. The lowest BCUT2D eigenvalue weighted by Gasteiger charge is -2.16. The summed E-state index contributed by atoms with van der Waals surface area (Å²) >= 11 is 5.84. The highest BCUT2D eigenvalue weighted by molar-refractivity contribution is 7.91. The molecule has 0 saturated heterocycles. The van der Waals surface area contributed by atoms with Gasteiger partial charge in [0.15, 0.2) is 0 Å². The predicted octanol–water partition coefficient (Wildman–Crippen LogP) is 2.65. The highest BCUT2D eigenvalue weighted by Gasteiger charge is 2.30. The molecule has 0 aromatic heterocycles. The zero-order valence-corrected chi connectivity index (χ0v) is 13.3. The third-order valence-corrected chi connectivity index (χ3v) is 4.87. The van der Waals surface area contributed by atoms with Gasteiger partial charge in [-0.05, 0) is 41.8 Å². The van der Waals surface area contributed by atoms with Crippen LogP contribution in [0.25, 0.3) is 0 Å². The second kappa shape index (κ2) is 5.68. The number of hydrogen-bond donors (Lipinski definition) is 3. The van der Waals surface area contributed by atoms with Gasteiger partial charge in [-0.25, -0.2) is 9.03 Å². The number of phenols is 1. The maximum atomic E-state index is 11.8. The van der Waals surface area contributed by atoms with E-state index in [4.69, 9.17) is 11.6 Å². The van der Waals surface area contributed by atoms with E-state index in [0.717, 1.165) is 21.6 Å². The van der Waals surface area contributed by atoms with Crippen molar-refractivity contribution in [3.05, 3.63) is 70.7 Å². The topological polar surface area (TPSA) is 89.9 Å². The van der Waals surface area contributed by atoms with Gasteiger partial charge in [0, 0.05) is 5.02 Å². The molecule has 1 aliphatic heterocycles. The van der Waals surface area contributed by atoms with E-state index >= 15 is 0 Å². The predicted molar refractivity (Wildman–Crippen MR) is 87.6 cm³/mol. The molecule has 0 spiro atoms. The van der Waals surface area contributed by atoms with Crippen molar-refractivity contribution in [1.82, 2.24) is 4.72 Å². The number of rotatable bonds is 3. The lowest BCUT2D eigenvalue weighted by atomic mass is 10.0. The minimum absolute atomic E-state index is 0.0569.